The van der Waals surface area contributed by atoms with E-state index in [-0.39, 0.29) is 0 Å². The van der Waals surface area contributed by atoms with Crippen LogP contribution in [0.2, 0.25) is 0 Å². The first kappa shape index (κ1) is 9.43. The topological polar surface area (TPSA) is 27.8 Å². The van der Waals surface area contributed by atoms with Gasteiger partial charge in [-0.25, -0.2) is 0 Å². The first-order chi connectivity index (χ1) is 7.25. The van der Waals surface area contributed by atoms with Crippen LogP contribution in [0.15, 0.2) is 16.6 Å². The quantitative estimate of drug-likeness (QED) is 0.753. The van der Waals surface area contributed by atoms with E-state index in [1.54, 1.807) is 0 Å². The highest BCUT2D eigenvalue weighted by atomic mass is 79.9. The summed E-state index contributed by atoms with van der Waals surface area (Å²) in [6.45, 7) is 4.23. The maximum absolute atomic E-state index is 3.56. The molecule has 2 N–H and O–H groups in total. The van der Waals surface area contributed by atoms with Gasteiger partial charge in [0.05, 0.1) is 0 Å². The third-order valence-corrected chi connectivity index (χ3v) is 3.58. The van der Waals surface area contributed by atoms with Crippen molar-refractivity contribution in [3.8, 4) is 0 Å². The Kier molecular flexibility index (Phi) is 2.11. The lowest BCUT2D eigenvalue weighted by Crippen LogP contribution is -2.22. The third kappa shape index (κ3) is 1.42. The molecule has 2 heterocycles. The second kappa shape index (κ2) is 3.35. The highest BCUT2D eigenvalue weighted by molar-refractivity contribution is 9.10. The highest BCUT2D eigenvalue weighted by Crippen LogP contribution is 2.30. The van der Waals surface area contributed by atoms with Crippen LogP contribution in [0.25, 0.3) is 10.9 Å². The van der Waals surface area contributed by atoms with Crippen LogP contribution in [0, 0.1) is 6.92 Å². The van der Waals surface area contributed by atoms with Gasteiger partial charge in [-0.3, -0.25) is 0 Å². The van der Waals surface area contributed by atoms with Gasteiger partial charge in [0, 0.05) is 40.6 Å². The van der Waals surface area contributed by atoms with E-state index in [1.165, 1.54) is 32.2 Å². The molecule has 2 aromatic rings. The number of fused-ring (bicyclic) bond motifs is 3. The van der Waals surface area contributed by atoms with Crippen LogP contribution >= 0.6 is 15.9 Å². The van der Waals surface area contributed by atoms with E-state index in [0.717, 1.165) is 19.5 Å². The van der Waals surface area contributed by atoms with Crippen molar-refractivity contribution in [3.05, 3.63) is 33.4 Å². The zero-order chi connectivity index (χ0) is 10.4. The molecule has 0 saturated carbocycles. The molecule has 3 heteroatoms. The van der Waals surface area contributed by atoms with Gasteiger partial charge in [0.1, 0.15) is 0 Å². The van der Waals surface area contributed by atoms with Crippen molar-refractivity contribution in [2.24, 2.45) is 0 Å². The fraction of sp³-hybridized carbons (Fsp3) is 0.333. The van der Waals surface area contributed by atoms with Crippen LogP contribution in [-0.4, -0.2) is 11.5 Å². The predicted molar refractivity (Wildman–Crippen MR) is 66.1 cm³/mol. The number of H-pyrrole nitrogens is 1. The van der Waals surface area contributed by atoms with Crippen molar-refractivity contribution in [1.29, 1.82) is 0 Å². The number of rotatable bonds is 0. The molecule has 1 aromatic heterocycles. The average Bonchev–Trinajstić information content (AvgIpc) is 2.57. The maximum Gasteiger partial charge on any atom is 0.0489 e. The molecular weight excluding hydrogens is 252 g/mol. The highest BCUT2D eigenvalue weighted by Gasteiger charge is 2.15. The second-order valence-corrected chi connectivity index (χ2v) is 5.07. The largest absolute Gasteiger partial charge is 0.358 e. The molecule has 2 nitrogen and oxygen atoms in total. The SMILES string of the molecule is Cc1cc(Br)cc2c3c([nH]c12)CCNC3. The fourth-order valence-corrected chi connectivity index (χ4v) is 2.95. The van der Waals surface area contributed by atoms with E-state index >= 15 is 0 Å². The van der Waals surface area contributed by atoms with Gasteiger partial charge in [-0.15, -0.1) is 0 Å². The maximum atomic E-state index is 3.56. The number of hydrogen-bond donors (Lipinski definition) is 2. The van der Waals surface area contributed by atoms with E-state index in [0.29, 0.717) is 0 Å². The molecule has 0 amide bonds. The predicted octanol–water partition coefficient (Wildman–Crippen LogP) is 2.88. The summed E-state index contributed by atoms with van der Waals surface area (Å²) in [4.78, 5) is 3.55. The van der Waals surface area contributed by atoms with E-state index in [9.17, 15) is 0 Å². The monoisotopic (exact) mass is 264 g/mol. The Balaban J connectivity index is 2.37. The summed E-state index contributed by atoms with van der Waals surface area (Å²) in [7, 11) is 0. The van der Waals surface area contributed by atoms with Gasteiger partial charge in [0.25, 0.3) is 0 Å². The zero-order valence-electron chi connectivity index (χ0n) is 8.65. The third-order valence-electron chi connectivity index (χ3n) is 3.12. The smallest absolute Gasteiger partial charge is 0.0489 e. The summed E-state index contributed by atoms with van der Waals surface area (Å²) in [6.07, 6.45) is 1.11. The van der Waals surface area contributed by atoms with Crippen molar-refractivity contribution in [2.45, 2.75) is 19.9 Å². The number of aromatic nitrogens is 1. The van der Waals surface area contributed by atoms with Crippen molar-refractivity contribution in [1.82, 2.24) is 10.3 Å². The summed E-state index contributed by atoms with van der Waals surface area (Å²) >= 11 is 3.56. The number of aryl methyl sites for hydroxylation is 1. The van der Waals surface area contributed by atoms with Crippen LogP contribution in [-0.2, 0) is 13.0 Å². The second-order valence-electron chi connectivity index (χ2n) is 4.15. The summed E-state index contributed by atoms with van der Waals surface area (Å²) in [5.41, 5.74) is 5.46. The molecular formula is C12H13BrN2. The van der Waals surface area contributed by atoms with Gasteiger partial charge in [-0.2, -0.15) is 0 Å². The summed E-state index contributed by atoms with van der Waals surface area (Å²) in [5, 5.41) is 4.79. The average molecular weight is 265 g/mol. The Morgan fingerprint density at radius 2 is 2.20 bits per heavy atom. The molecule has 0 saturated heterocycles. The summed E-state index contributed by atoms with van der Waals surface area (Å²) in [6, 6.07) is 4.38. The van der Waals surface area contributed by atoms with E-state index in [4.69, 9.17) is 0 Å². The number of benzene rings is 1. The van der Waals surface area contributed by atoms with Crippen LogP contribution in [0.4, 0.5) is 0 Å². The lowest BCUT2D eigenvalue weighted by atomic mass is 10.0. The molecule has 3 rings (SSSR count). The molecule has 78 valence electrons. The fourth-order valence-electron chi connectivity index (χ4n) is 2.38. The van der Waals surface area contributed by atoms with Crippen molar-refractivity contribution in [3.63, 3.8) is 0 Å². The number of hydrogen-bond acceptors (Lipinski definition) is 1. The zero-order valence-corrected chi connectivity index (χ0v) is 10.2. The minimum Gasteiger partial charge on any atom is -0.358 e. The van der Waals surface area contributed by atoms with Gasteiger partial charge >= 0.3 is 0 Å². The molecule has 0 fully saturated rings. The Hall–Kier alpha value is -0.800. The number of nitrogens with one attached hydrogen (secondary N) is 2. The lowest BCUT2D eigenvalue weighted by molar-refractivity contribution is 0.641. The standard InChI is InChI=1S/C12H13BrN2/c1-7-4-8(13)5-9-10-6-14-3-2-11(10)15-12(7)9/h4-5,14-15H,2-3,6H2,1H3. The molecule has 0 spiro atoms. The molecule has 1 aromatic carbocycles. The molecule has 0 bridgehead atoms. The minimum atomic E-state index is 0.991. The molecule has 0 aliphatic carbocycles. The first-order valence-electron chi connectivity index (χ1n) is 5.26. The van der Waals surface area contributed by atoms with E-state index < -0.39 is 0 Å². The van der Waals surface area contributed by atoms with Gasteiger partial charge in [0.2, 0.25) is 0 Å². The molecule has 0 atom stereocenters. The lowest BCUT2D eigenvalue weighted by Gasteiger charge is -2.12. The van der Waals surface area contributed by atoms with Crippen LogP contribution in [0.5, 0.6) is 0 Å². The first-order valence-corrected chi connectivity index (χ1v) is 6.05. The normalized spacial score (nSPS) is 15.6. The van der Waals surface area contributed by atoms with Crippen molar-refractivity contribution >= 4 is 26.8 Å². The summed E-state index contributed by atoms with van der Waals surface area (Å²) < 4.78 is 1.17. The van der Waals surface area contributed by atoms with Crippen molar-refractivity contribution < 1.29 is 0 Å². The molecule has 1 aliphatic heterocycles. The van der Waals surface area contributed by atoms with Gasteiger partial charge < -0.3 is 10.3 Å². The van der Waals surface area contributed by atoms with Gasteiger partial charge in [0.15, 0.2) is 0 Å². The van der Waals surface area contributed by atoms with Gasteiger partial charge in [-0.05, 0) is 30.2 Å². The van der Waals surface area contributed by atoms with Crippen LogP contribution in [0.3, 0.4) is 0 Å². The Morgan fingerprint density at radius 3 is 3.07 bits per heavy atom. The minimum absolute atomic E-state index is 0.991. The Morgan fingerprint density at radius 1 is 1.33 bits per heavy atom. The van der Waals surface area contributed by atoms with Crippen LogP contribution in [0.1, 0.15) is 16.8 Å². The number of halogens is 1. The van der Waals surface area contributed by atoms with Crippen molar-refractivity contribution in [2.75, 3.05) is 6.54 Å². The molecule has 1 aliphatic rings. The molecule has 0 unspecified atom stereocenters. The summed E-state index contributed by atoms with van der Waals surface area (Å²) in [5.74, 6) is 0. The Labute approximate surface area is 97.2 Å². The van der Waals surface area contributed by atoms with E-state index in [1.807, 2.05) is 0 Å². The van der Waals surface area contributed by atoms with Gasteiger partial charge in [-0.1, -0.05) is 15.9 Å². The Bertz CT molecular complexity index is 528. The molecule has 0 radical (unpaired) electrons. The molecule has 15 heavy (non-hydrogen) atoms. The number of aromatic amines is 1. The van der Waals surface area contributed by atoms with Crippen LogP contribution < -0.4 is 5.32 Å². The van der Waals surface area contributed by atoms with E-state index in [2.05, 4.69) is 45.3 Å².